The summed E-state index contributed by atoms with van der Waals surface area (Å²) in [5.41, 5.74) is -0.157. The van der Waals surface area contributed by atoms with Gasteiger partial charge < -0.3 is 0 Å². The molecule has 0 saturated carbocycles. The van der Waals surface area contributed by atoms with Crippen molar-refractivity contribution in [3.63, 3.8) is 0 Å². The summed E-state index contributed by atoms with van der Waals surface area (Å²) < 4.78 is 35.7. The second-order valence-corrected chi connectivity index (χ2v) is 4.77. The summed E-state index contributed by atoms with van der Waals surface area (Å²) in [6.45, 7) is 4.32. The van der Waals surface area contributed by atoms with Gasteiger partial charge in [0.05, 0.1) is 4.90 Å². The Bertz CT molecular complexity index is 517. The molecule has 0 radical (unpaired) electrons. The highest BCUT2D eigenvalue weighted by Crippen LogP contribution is 2.19. The van der Waals surface area contributed by atoms with Crippen LogP contribution < -0.4 is 0 Å². The van der Waals surface area contributed by atoms with Crippen LogP contribution in [-0.2, 0) is 9.84 Å². The molecule has 1 rings (SSSR count). The number of carbonyl (C=O) groups is 1. The van der Waals surface area contributed by atoms with Crippen LogP contribution in [0.4, 0.5) is 4.39 Å². The molecule has 3 nitrogen and oxygen atoms in total. The third kappa shape index (κ3) is 2.30. The van der Waals surface area contributed by atoms with Gasteiger partial charge in [-0.3, -0.25) is 4.79 Å². The van der Waals surface area contributed by atoms with Gasteiger partial charge in [0.2, 0.25) is 0 Å². The van der Waals surface area contributed by atoms with Gasteiger partial charge in [-0.05, 0) is 25.1 Å². The molecule has 0 aliphatic carbocycles. The summed E-state index contributed by atoms with van der Waals surface area (Å²) in [6, 6.07) is 2.95. The van der Waals surface area contributed by atoms with Gasteiger partial charge in [0.15, 0.2) is 15.6 Å². The molecule has 1 aromatic rings. The summed E-state index contributed by atoms with van der Waals surface area (Å²) in [7, 11) is -3.71. The van der Waals surface area contributed by atoms with Crippen molar-refractivity contribution in [3.8, 4) is 0 Å². The Morgan fingerprint density at radius 2 is 2.07 bits per heavy atom. The van der Waals surface area contributed by atoms with Crippen molar-refractivity contribution in [3.05, 3.63) is 41.6 Å². The van der Waals surface area contributed by atoms with Gasteiger partial charge >= 0.3 is 0 Å². The van der Waals surface area contributed by atoms with Gasteiger partial charge in [-0.25, -0.2) is 12.8 Å². The van der Waals surface area contributed by atoms with Crippen molar-refractivity contribution in [1.82, 2.24) is 0 Å². The summed E-state index contributed by atoms with van der Waals surface area (Å²) in [5.74, 6) is -1.15. The summed E-state index contributed by atoms with van der Waals surface area (Å²) in [5, 5.41) is 0.729. The molecule has 5 heteroatoms. The minimum Gasteiger partial charge on any atom is -0.294 e. The Kier molecular flexibility index (Phi) is 3.04. The van der Waals surface area contributed by atoms with Gasteiger partial charge in [0, 0.05) is 11.0 Å². The van der Waals surface area contributed by atoms with Crippen LogP contribution in [-0.4, -0.2) is 14.2 Å². The number of ketones is 1. The molecule has 0 spiro atoms. The third-order valence-electron chi connectivity index (χ3n) is 1.85. The molecule has 0 aromatic heterocycles. The summed E-state index contributed by atoms with van der Waals surface area (Å²) >= 11 is 0. The summed E-state index contributed by atoms with van der Waals surface area (Å²) in [4.78, 5) is 10.9. The molecule has 0 atom stereocenters. The standard InChI is InChI=1S/C10H9FO3S/c1-3-15(13,14)10-5-4-8(11)6-9(10)7(2)12/h3-6H,1H2,2H3. The first-order valence-electron chi connectivity index (χ1n) is 4.06. The predicted octanol–water partition coefficient (Wildman–Crippen LogP) is 1.95. The molecular formula is C10H9FO3S. The molecule has 0 fully saturated rings. The first kappa shape index (κ1) is 11.6. The number of carbonyl (C=O) groups excluding carboxylic acids is 1. The van der Waals surface area contributed by atoms with E-state index in [1.807, 2.05) is 0 Å². The average Bonchev–Trinajstić information content (AvgIpc) is 2.17. The van der Waals surface area contributed by atoms with Crippen LogP contribution in [0.15, 0.2) is 35.1 Å². The Labute approximate surface area is 87.2 Å². The molecule has 0 heterocycles. The number of halogens is 1. The highest BCUT2D eigenvalue weighted by Gasteiger charge is 2.18. The molecule has 0 aliphatic heterocycles. The minimum atomic E-state index is -3.71. The summed E-state index contributed by atoms with van der Waals surface area (Å²) in [6.07, 6.45) is 0. The number of hydrogen-bond donors (Lipinski definition) is 0. The lowest BCUT2D eigenvalue weighted by atomic mass is 10.1. The van der Waals surface area contributed by atoms with Gasteiger partial charge in [-0.15, -0.1) is 0 Å². The van der Waals surface area contributed by atoms with E-state index < -0.39 is 21.4 Å². The van der Waals surface area contributed by atoms with E-state index in [1.54, 1.807) is 0 Å². The van der Waals surface area contributed by atoms with Crippen LogP contribution in [0.25, 0.3) is 0 Å². The van der Waals surface area contributed by atoms with E-state index in [1.165, 1.54) is 6.92 Å². The second kappa shape index (κ2) is 3.94. The van der Waals surface area contributed by atoms with Crippen molar-refractivity contribution < 1.29 is 17.6 Å². The van der Waals surface area contributed by atoms with E-state index in [0.29, 0.717) is 0 Å². The van der Waals surface area contributed by atoms with E-state index in [-0.39, 0.29) is 10.5 Å². The maximum absolute atomic E-state index is 12.8. The fourth-order valence-electron chi connectivity index (χ4n) is 1.12. The van der Waals surface area contributed by atoms with Crippen LogP contribution >= 0.6 is 0 Å². The third-order valence-corrected chi connectivity index (χ3v) is 3.25. The van der Waals surface area contributed by atoms with Crippen molar-refractivity contribution in [2.45, 2.75) is 11.8 Å². The predicted molar refractivity (Wildman–Crippen MR) is 53.8 cm³/mol. The Hall–Kier alpha value is -1.49. The van der Waals surface area contributed by atoms with Crippen molar-refractivity contribution >= 4 is 15.6 Å². The normalized spacial score (nSPS) is 11.1. The van der Waals surface area contributed by atoms with Gasteiger partial charge in [-0.2, -0.15) is 0 Å². The minimum absolute atomic E-state index is 0.157. The zero-order chi connectivity index (χ0) is 11.6. The molecule has 15 heavy (non-hydrogen) atoms. The van der Waals surface area contributed by atoms with Crippen LogP contribution in [0.2, 0.25) is 0 Å². The van der Waals surface area contributed by atoms with E-state index in [9.17, 15) is 17.6 Å². The van der Waals surface area contributed by atoms with Crippen LogP contribution in [0.5, 0.6) is 0 Å². The first-order chi connectivity index (χ1) is 6.88. The van der Waals surface area contributed by atoms with Crippen LogP contribution in [0.3, 0.4) is 0 Å². The number of Topliss-reactive ketones (excluding diaryl/α,β-unsaturated/α-hetero) is 1. The molecule has 80 valence electrons. The van der Waals surface area contributed by atoms with Gasteiger partial charge in [-0.1, -0.05) is 6.58 Å². The molecule has 0 bridgehead atoms. The van der Waals surface area contributed by atoms with Gasteiger partial charge in [0.25, 0.3) is 0 Å². The topological polar surface area (TPSA) is 51.2 Å². The number of benzene rings is 1. The highest BCUT2D eigenvalue weighted by atomic mass is 32.2. The van der Waals surface area contributed by atoms with E-state index >= 15 is 0 Å². The van der Waals surface area contributed by atoms with E-state index in [2.05, 4.69) is 6.58 Å². The Morgan fingerprint density at radius 1 is 1.47 bits per heavy atom. The molecule has 0 aliphatic rings. The van der Waals surface area contributed by atoms with Crippen molar-refractivity contribution in [2.75, 3.05) is 0 Å². The monoisotopic (exact) mass is 228 g/mol. The first-order valence-corrected chi connectivity index (χ1v) is 5.61. The molecule has 0 N–H and O–H groups in total. The molecule has 0 saturated heterocycles. The van der Waals surface area contributed by atoms with Crippen LogP contribution in [0, 0.1) is 5.82 Å². The fourth-order valence-corrected chi connectivity index (χ4v) is 2.06. The second-order valence-electron chi connectivity index (χ2n) is 2.91. The number of sulfone groups is 1. The lowest BCUT2D eigenvalue weighted by molar-refractivity contribution is 0.101. The zero-order valence-electron chi connectivity index (χ0n) is 8.03. The zero-order valence-corrected chi connectivity index (χ0v) is 8.84. The van der Waals surface area contributed by atoms with Crippen LogP contribution in [0.1, 0.15) is 17.3 Å². The van der Waals surface area contributed by atoms with E-state index in [4.69, 9.17) is 0 Å². The maximum atomic E-state index is 12.8. The average molecular weight is 228 g/mol. The highest BCUT2D eigenvalue weighted by molar-refractivity contribution is 7.94. The van der Waals surface area contributed by atoms with Crippen molar-refractivity contribution in [1.29, 1.82) is 0 Å². The Morgan fingerprint density at radius 3 is 2.53 bits per heavy atom. The molecule has 1 aromatic carbocycles. The smallest absolute Gasteiger partial charge is 0.199 e. The maximum Gasteiger partial charge on any atom is 0.199 e. The number of rotatable bonds is 3. The van der Waals surface area contributed by atoms with Gasteiger partial charge in [0.1, 0.15) is 5.82 Å². The molecule has 0 unspecified atom stereocenters. The fraction of sp³-hybridized carbons (Fsp3) is 0.100. The van der Waals surface area contributed by atoms with E-state index in [0.717, 1.165) is 23.6 Å². The molecule has 0 amide bonds. The van der Waals surface area contributed by atoms with Crippen molar-refractivity contribution in [2.24, 2.45) is 0 Å². The lowest BCUT2D eigenvalue weighted by Gasteiger charge is -2.04. The lowest BCUT2D eigenvalue weighted by Crippen LogP contribution is -2.05. The molecular weight excluding hydrogens is 219 g/mol. The SMILES string of the molecule is C=CS(=O)(=O)c1ccc(F)cc1C(C)=O. The quantitative estimate of drug-likeness (QED) is 0.587. The largest absolute Gasteiger partial charge is 0.294 e. The number of hydrogen-bond acceptors (Lipinski definition) is 3. The Balaban J connectivity index is 3.56.